The molecular formula is C28H27NO4. The molecule has 0 saturated carbocycles. The summed E-state index contributed by atoms with van der Waals surface area (Å²) in [6.45, 7) is 1.06. The lowest BCUT2D eigenvalue weighted by molar-refractivity contribution is -0.138. The number of benzene rings is 3. The van der Waals surface area contributed by atoms with E-state index >= 15 is 0 Å². The number of carbonyl (C=O) groups excluding carboxylic acids is 1. The summed E-state index contributed by atoms with van der Waals surface area (Å²) in [4.78, 5) is 14.9. The highest BCUT2D eigenvalue weighted by Crippen LogP contribution is 2.54. The maximum absolute atomic E-state index is 13.1. The van der Waals surface area contributed by atoms with Crippen LogP contribution in [0.4, 0.5) is 4.79 Å². The van der Waals surface area contributed by atoms with Gasteiger partial charge in [-0.2, -0.15) is 0 Å². The van der Waals surface area contributed by atoms with Crippen molar-refractivity contribution in [1.82, 2.24) is 4.90 Å². The Labute approximate surface area is 193 Å². The van der Waals surface area contributed by atoms with Crippen molar-refractivity contribution in [2.24, 2.45) is 0 Å². The van der Waals surface area contributed by atoms with Crippen LogP contribution in [0.5, 0.6) is 0 Å². The number of carbonyl (C=O) groups is 1. The van der Waals surface area contributed by atoms with Crippen molar-refractivity contribution < 1.29 is 19.4 Å². The molecule has 2 atom stereocenters. The third-order valence-corrected chi connectivity index (χ3v) is 7.37. The minimum Gasteiger partial charge on any atom is -0.445 e. The van der Waals surface area contributed by atoms with Crippen LogP contribution in [0.1, 0.15) is 35.4 Å². The van der Waals surface area contributed by atoms with Gasteiger partial charge in [0.15, 0.2) is 0 Å². The van der Waals surface area contributed by atoms with E-state index in [1.54, 1.807) is 0 Å². The standard InChI is InChI=1S/C28H27NO4/c30-27(33-16-19-8-2-1-3-9-19)29-20-14-28(31,15-21(29)18-32-17-20)26-24-12-6-4-10-22(24)23-11-5-7-13-25(23)26/h1-13,20-21,26,31H,14-18H2. The van der Waals surface area contributed by atoms with Crippen molar-refractivity contribution in [1.29, 1.82) is 0 Å². The van der Waals surface area contributed by atoms with E-state index in [1.165, 1.54) is 22.3 Å². The molecule has 2 bridgehead atoms. The monoisotopic (exact) mass is 441 g/mol. The number of nitrogens with zero attached hydrogens (tertiary/aromatic N) is 1. The molecule has 3 aromatic rings. The number of piperidine rings is 1. The Morgan fingerprint density at radius 2 is 1.42 bits per heavy atom. The molecular weight excluding hydrogens is 414 g/mol. The van der Waals surface area contributed by atoms with Crippen molar-refractivity contribution in [2.45, 2.75) is 43.1 Å². The molecule has 6 rings (SSSR count). The molecule has 3 aromatic carbocycles. The van der Waals surface area contributed by atoms with E-state index in [-0.39, 0.29) is 30.7 Å². The van der Waals surface area contributed by atoms with Crippen LogP contribution in [0.3, 0.4) is 0 Å². The van der Waals surface area contributed by atoms with Gasteiger partial charge in [0.1, 0.15) is 6.61 Å². The van der Waals surface area contributed by atoms with E-state index in [0.29, 0.717) is 26.1 Å². The molecule has 2 heterocycles. The number of morpholine rings is 1. The first kappa shape index (κ1) is 20.5. The zero-order valence-corrected chi connectivity index (χ0v) is 18.4. The van der Waals surface area contributed by atoms with Gasteiger partial charge in [0, 0.05) is 5.92 Å². The lowest BCUT2D eigenvalue weighted by Crippen LogP contribution is -2.64. The minimum absolute atomic E-state index is 0.115. The van der Waals surface area contributed by atoms with Crippen LogP contribution >= 0.6 is 0 Å². The maximum Gasteiger partial charge on any atom is 0.410 e. The van der Waals surface area contributed by atoms with Gasteiger partial charge in [-0.15, -0.1) is 0 Å². The van der Waals surface area contributed by atoms with Gasteiger partial charge >= 0.3 is 6.09 Å². The second-order valence-electron chi connectivity index (χ2n) is 9.41. The van der Waals surface area contributed by atoms with E-state index in [1.807, 2.05) is 47.4 Å². The Bertz CT molecular complexity index is 1120. The SMILES string of the molecule is O=C(OCc1ccccc1)N1C2COCC1CC(O)(C1c3ccccc3-c3ccccc31)C2. The lowest BCUT2D eigenvalue weighted by atomic mass is 9.70. The first-order valence-corrected chi connectivity index (χ1v) is 11.6. The van der Waals surface area contributed by atoms with E-state index in [9.17, 15) is 9.90 Å². The lowest BCUT2D eigenvalue weighted by Gasteiger charge is -2.52. The van der Waals surface area contributed by atoms with Crippen LogP contribution in [0.25, 0.3) is 11.1 Å². The van der Waals surface area contributed by atoms with Crippen molar-refractivity contribution in [3.8, 4) is 11.1 Å². The molecule has 168 valence electrons. The number of fused-ring (bicyclic) bond motifs is 5. The molecule has 0 aromatic heterocycles. The number of ether oxygens (including phenoxy) is 2. The third-order valence-electron chi connectivity index (χ3n) is 7.37. The summed E-state index contributed by atoms with van der Waals surface area (Å²) in [5.74, 6) is -0.115. The fraction of sp³-hybridized carbons (Fsp3) is 0.321. The fourth-order valence-electron chi connectivity index (χ4n) is 6.07. The topological polar surface area (TPSA) is 59.0 Å². The highest BCUT2D eigenvalue weighted by atomic mass is 16.6. The van der Waals surface area contributed by atoms with E-state index < -0.39 is 5.60 Å². The molecule has 33 heavy (non-hydrogen) atoms. The molecule has 1 N–H and O–H groups in total. The van der Waals surface area contributed by atoms with E-state index in [4.69, 9.17) is 9.47 Å². The summed E-state index contributed by atoms with van der Waals surface area (Å²) in [6.07, 6.45) is 0.584. The summed E-state index contributed by atoms with van der Waals surface area (Å²) in [5, 5.41) is 12.1. The molecule has 5 nitrogen and oxygen atoms in total. The number of aliphatic hydroxyl groups is 1. The van der Waals surface area contributed by atoms with Crippen LogP contribution in [0, 0.1) is 0 Å². The predicted molar refractivity (Wildman–Crippen MR) is 125 cm³/mol. The average molecular weight is 442 g/mol. The van der Waals surface area contributed by atoms with Crippen LogP contribution in [-0.4, -0.2) is 47.0 Å². The summed E-state index contributed by atoms with van der Waals surface area (Å²) >= 11 is 0. The Hall–Kier alpha value is -3.15. The zero-order valence-electron chi connectivity index (χ0n) is 18.4. The Kier molecular flexibility index (Phi) is 4.97. The predicted octanol–water partition coefficient (Wildman–Crippen LogP) is 4.73. The van der Waals surface area contributed by atoms with Gasteiger partial charge in [-0.05, 0) is 40.7 Å². The van der Waals surface area contributed by atoms with Crippen LogP contribution in [0.2, 0.25) is 0 Å². The second kappa shape index (κ2) is 8.01. The van der Waals surface area contributed by atoms with Crippen LogP contribution in [-0.2, 0) is 16.1 Å². The Balaban J connectivity index is 1.28. The highest BCUT2D eigenvalue weighted by molar-refractivity contribution is 5.79. The normalized spacial score (nSPS) is 25.9. The van der Waals surface area contributed by atoms with Gasteiger partial charge < -0.3 is 14.6 Å². The molecule has 1 aliphatic carbocycles. The average Bonchev–Trinajstić information content (AvgIpc) is 3.18. The largest absolute Gasteiger partial charge is 0.445 e. The number of hydrogen-bond acceptors (Lipinski definition) is 4. The van der Waals surface area contributed by atoms with Gasteiger partial charge in [0.2, 0.25) is 0 Å². The molecule has 0 spiro atoms. The smallest absolute Gasteiger partial charge is 0.410 e. The first-order valence-electron chi connectivity index (χ1n) is 11.6. The second-order valence-corrected chi connectivity index (χ2v) is 9.41. The molecule has 3 aliphatic rings. The van der Waals surface area contributed by atoms with Crippen molar-refractivity contribution in [3.63, 3.8) is 0 Å². The van der Waals surface area contributed by atoms with Crippen LogP contribution in [0.15, 0.2) is 78.9 Å². The van der Waals surface area contributed by atoms with Crippen LogP contribution < -0.4 is 0 Å². The minimum atomic E-state index is -0.960. The van der Waals surface area contributed by atoms with Gasteiger partial charge in [-0.1, -0.05) is 78.9 Å². The summed E-state index contributed by atoms with van der Waals surface area (Å²) < 4.78 is 11.5. The number of hydrogen-bond donors (Lipinski definition) is 1. The molecule has 0 radical (unpaired) electrons. The maximum atomic E-state index is 13.1. The molecule has 1 amide bonds. The van der Waals surface area contributed by atoms with Gasteiger partial charge in [0.05, 0.1) is 30.9 Å². The molecule has 2 saturated heterocycles. The number of amides is 1. The first-order chi connectivity index (χ1) is 16.1. The fourth-order valence-corrected chi connectivity index (χ4v) is 6.07. The van der Waals surface area contributed by atoms with E-state index in [2.05, 4.69) is 36.4 Å². The van der Waals surface area contributed by atoms with Crippen molar-refractivity contribution in [3.05, 3.63) is 95.6 Å². The van der Waals surface area contributed by atoms with Gasteiger partial charge in [0.25, 0.3) is 0 Å². The zero-order chi connectivity index (χ0) is 22.4. The van der Waals surface area contributed by atoms with Crippen molar-refractivity contribution >= 4 is 6.09 Å². The molecule has 5 heteroatoms. The van der Waals surface area contributed by atoms with Gasteiger partial charge in [-0.3, -0.25) is 4.90 Å². The van der Waals surface area contributed by atoms with Crippen molar-refractivity contribution in [2.75, 3.05) is 13.2 Å². The summed E-state index contributed by atoms with van der Waals surface area (Å²) in [5.41, 5.74) is 4.72. The molecule has 2 fully saturated rings. The Morgan fingerprint density at radius 3 is 2.03 bits per heavy atom. The molecule has 2 aliphatic heterocycles. The van der Waals surface area contributed by atoms with E-state index in [0.717, 1.165) is 5.56 Å². The quantitative estimate of drug-likeness (QED) is 0.638. The summed E-state index contributed by atoms with van der Waals surface area (Å²) in [6, 6.07) is 26.0. The Morgan fingerprint density at radius 1 is 0.879 bits per heavy atom. The van der Waals surface area contributed by atoms with Gasteiger partial charge in [-0.25, -0.2) is 4.79 Å². The number of rotatable bonds is 3. The molecule has 2 unspecified atom stereocenters. The highest BCUT2D eigenvalue weighted by Gasteiger charge is 2.54. The third kappa shape index (κ3) is 3.43. The summed E-state index contributed by atoms with van der Waals surface area (Å²) in [7, 11) is 0.